The van der Waals surface area contributed by atoms with Crippen LogP contribution in [0.1, 0.15) is 31.4 Å². The van der Waals surface area contributed by atoms with Crippen molar-refractivity contribution in [2.24, 2.45) is 5.92 Å². The molecule has 0 spiro atoms. The van der Waals surface area contributed by atoms with Crippen LogP contribution in [0.5, 0.6) is 17.2 Å². The Labute approximate surface area is 198 Å². The highest BCUT2D eigenvalue weighted by Gasteiger charge is 2.36. The Kier molecular flexibility index (Phi) is 6.90. The fraction of sp³-hybridized carbons (Fsp3) is 0.400. The van der Waals surface area contributed by atoms with Gasteiger partial charge in [0.05, 0.1) is 12.0 Å². The molecule has 0 aromatic heterocycles. The average molecular weight is 468 g/mol. The molecule has 2 aromatic rings. The minimum absolute atomic E-state index is 0.0873. The number of ether oxygens (including phenoxy) is 3. The maximum Gasteiger partial charge on any atom is 0.259 e. The van der Waals surface area contributed by atoms with Crippen LogP contribution in [0.3, 0.4) is 0 Å². The maximum atomic E-state index is 13.1. The van der Waals surface area contributed by atoms with Crippen LogP contribution < -0.4 is 24.4 Å². The van der Waals surface area contributed by atoms with Crippen molar-refractivity contribution in [2.45, 2.75) is 25.8 Å². The second-order valence-electron chi connectivity index (χ2n) is 8.53. The first-order valence-corrected chi connectivity index (χ1v) is 11.3. The number of carbonyl (C=O) groups is 3. The zero-order valence-corrected chi connectivity index (χ0v) is 19.6. The van der Waals surface area contributed by atoms with E-state index in [1.165, 1.54) is 4.90 Å². The standard InChI is InChI=1S/C25H29N3O6/c1-4-19(18-7-5-6-8-20(18)32-14-24(30)27(2)3)26-25(31)16-11-23(29)28(13-16)17-9-10-21-22(12-17)34-15-33-21/h5-10,12,16,19H,4,11,13-15H2,1-3H3,(H,26,31). The third-order valence-electron chi connectivity index (χ3n) is 6.03. The average Bonchev–Trinajstić information content (AvgIpc) is 3.47. The third-order valence-corrected chi connectivity index (χ3v) is 6.03. The summed E-state index contributed by atoms with van der Waals surface area (Å²) in [5, 5.41) is 3.07. The first-order valence-electron chi connectivity index (χ1n) is 11.3. The van der Waals surface area contributed by atoms with E-state index in [2.05, 4.69) is 5.32 Å². The normalized spacial score (nSPS) is 17.4. The van der Waals surface area contributed by atoms with Crippen LogP contribution in [0.2, 0.25) is 0 Å². The molecule has 0 aliphatic carbocycles. The van der Waals surface area contributed by atoms with E-state index >= 15 is 0 Å². The molecule has 2 aromatic carbocycles. The van der Waals surface area contributed by atoms with Gasteiger partial charge in [0.25, 0.3) is 5.91 Å². The van der Waals surface area contributed by atoms with E-state index in [1.807, 2.05) is 25.1 Å². The lowest BCUT2D eigenvalue weighted by molar-refractivity contribution is -0.131. The monoisotopic (exact) mass is 467 g/mol. The van der Waals surface area contributed by atoms with Crippen LogP contribution in [-0.2, 0) is 14.4 Å². The van der Waals surface area contributed by atoms with Gasteiger partial charge in [0, 0.05) is 44.4 Å². The molecule has 4 rings (SSSR count). The Morgan fingerprint density at radius 3 is 2.71 bits per heavy atom. The smallest absolute Gasteiger partial charge is 0.259 e. The lowest BCUT2D eigenvalue weighted by atomic mass is 10.0. The molecule has 0 bridgehead atoms. The summed E-state index contributed by atoms with van der Waals surface area (Å²) in [5.74, 6) is 0.850. The van der Waals surface area contributed by atoms with Crippen molar-refractivity contribution in [1.82, 2.24) is 10.2 Å². The maximum absolute atomic E-state index is 13.1. The van der Waals surface area contributed by atoms with Gasteiger partial charge < -0.3 is 29.3 Å². The first-order chi connectivity index (χ1) is 16.4. The van der Waals surface area contributed by atoms with Crippen molar-refractivity contribution in [2.75, 3.05) is 38.9 Å². The number of rotatable bonds is 8. The lowest BCUT2D eigenvalue weighted by Gasteiger charge is -2.23. The van der Waals surface area contributed by atoms with Gasteiger partial charge in [0.2, 0.25) is 18.6 Å². The van der Waals surface area contributed by atoms with E-state index < -0.39 is 5.92 Å². The second kappa shape index (κ2) is 10.0. The molecule has 1 saturated heterocycles. The van der Waals surface area contributed by atoms with Crippen LogP contribution in [0.4, 0.5) is 5.69 Å². The summed E-state index contributed by atoms with van der Waals surface area (Å²) in [6.07, 6.45) is 0.756. The summed E-state index contributed by atoms with van der Waals surface area (Å²) < 4.78 is 16.5. The van der Waals surface area contributed by atoms with Gasteiger partial charge in [0.15, 0.2) is 18.1 Å². The Hall–Kier alpha value is -3.75. The number of nitrogens with one attached hydrogen (secondary N) is 1. The molecule has 1 fully saturated rings. The fourth-order valence-corrected chi connectivity index (χ4v) is 4.04. The lowest BCUT2D eigenvalue weighted by Crippen LogP contribution is -2.35. The van der Waals surface area contributed by atoms with E-state index in [9.17, 15) is 14.4 Å². The van der Waals surface area contributed by atoms with E-state index in [4.69, 9.17) is 14.2 Å². The van der Waals surface area contributed by atoms with Crippen molar-refractivity contribution in [3.63, 3.8) is 0 Å². The molecule has 2 unspecified atom stereocenters. The molecule has 1 N–H and O–H groups in total. The highest BCUT2D eigenvalue weighted by Crippen LogP contribution is 2.37. The van der Waals surface area contributed by atoms with Gasteiger partial charge in [-0.1, -0.05) is 25.1 Å². The molecule has 2 aliphatic heterocycles. The minimum atomic E-state index is -0.477. The highest BCUT2D eigenvalue weighted by molar-refractivity contribution is 6.00. The molecule has 2 aliphatic rings. The van der Waals surface area contributed by atoms with Crippen LogP contribution in [-0.4, -0.2) is 56.7 Å². The summed E-state index contributed by atoms with van der Waals surface area (Å²) in [5.41, 5.74) is 1.47. The molecular weight excluding hydrogens is 438 g/mol. The SMILES string of the molecule is CCC(NC(=O)C1CC(=O)N(c2ccc3c(c2)OCO3)C1)c1ccccc1OCC(=O)N(C)C. The van der Waals surface area contributed by atoms with Crippen molar-refractivity contribution in [3.8, 4) is 17.2 Å². The molecule has 180 valence electrons. The number of benzene rings is 2. The molecule has 34 heavy (non-hydrogen) atoms. The molecular formula is C25H29N3O6. The molecule has 2 atom stereocenters. The van der Waals surface area contributed by atoms with E-state index in [0.717, 1.165) is 5.56 Å². The molecule has 9 heteroatoms. The second-order valence-corrected chi connectivity index (χ2v) is 8.53. The number of anilines is 1. The summed E-state index contributed by atoms with van der Waals surface area (Å²) in [6.45, 7) is 2.32. The number of nitrogens with zero attached hydrogens (tertiary/aromatic N) is 2. The Morgan fingerprint density at radius 2 is 1.94 bits per heavy atom. The zero-order chi connectivity index (χ0) is 24.2. The minimum Gasteiger partial charge on any atom is -0.483 e. The molecule has 0 radical (unpaired) electrons. The van der Waals surface area contributed by atoms with Gasteiger partial charge in [-0.15, -0.1) is 0 Å². The van der Waals surface area contributed by atoms with Crippen molar-refractivity contribution in [1.29, 1.82) is 0 Å². The Balaban J connectivity index is 1.43. The number of para-hydroxylation sites is 1. The number of carbonyl (C=O) groups excluding carboxylic acids is 3. The van der Waals surface area contributed by atoms with Crippen LogP contribution >= 0.6 is 0 Å². The molecule has 0 saturated carbocycles. The predicted octanol–water partition coefficient (Wildman–Crippen LogP) is 2.50. The molecule has 9 nitrogen and oxygen atoms in total. The summed E-state index contributed by atoms with van der Waals surface area (Å²) in [6, 6.07) is 12.4. The van der Waals surface area contributed by atoms with Gasteiger partial charge in [-0.25, -0.2) is 0 Å². The van der Waals surface area contributed by atoms with Crippen LogP contribution in [0.15, 0.2) is 42.5 Å². The van der Waals surface area contributed by atoms with Crippen molar-refractivity contribution < 1.29 is 28.6 Å². The highest BCUT2D eigenvalue weighted by atomic mass is 16.7. The number of likely N-dealkylation sites (N-methyl/N-ethyl adjacent to an activating group) is 1. The van der Waals surface area contributed by atoms with E-state index in [-0.39, 0.29) is 50.1 Å². The molecule has 3 amide bonds. The number of amides is 3. The third kappa shape index (κ3) is 4.93. The Bertz CT molecular complexity index is 1090. The van der Waals surface area contributed by atoms with Gasteiger partial charge in [-0.05, 0) is 24.6 Å². The van der Waals surface area contributed by atoms with Gasteiger partial charge in [-0.3, -0.25) is 14.4 Å². The fourth-order valence-electron chi connectivity index (χ4n) is 4.04. The van der Waals surface area contributed by atoms with E-state index in [0.29, 0.717) is 29.4 Å². The predicted molar refractivity (Wildman–Crippen MR) is 125 cm³/mol. The quantitative estimate of drug-likeness (QED) is 0.641. The number of hydrogen-bond donors (Lipinski definition) is 1. The topological polar surface area (TPSA) is 97.4 Å². The summed E-state index contributed by atoms with van der Waals surface area (Å²) in [4.78, 5) is 40.8. The van der Waals surface area contributed by atoms with Crippen LogP contribution in [0.25, 0.3) is 0 Å². The zero-order valence-electron chi connectivity index (χ0n) is 19.6. The molecule has 2 heterocycles. The van der Waals surface area contributed by atoms with Crippen LogP contribution in [0, 0.1) is 5.92 Å². The van der Waals surface area contributed by atoms with Crippen molar-refractivity contribution in [3.05, 3.63) is 48.0 Å². The van der Waals surface area contributed by atoms with Gasteiger partial charge >= 0.3 is 0 Å². The van der Waals surface area contributed by atoms with Gasteiger partial charge in [0.1, 0.15) is 5.75 Å². The summed E-state index contributed by atoms with van der Waals surface area (Å²) >= 11 is 0. The first kappa shape index (κ1) is 23.4. The van der Waals surface area contributed by atoms with Gasteiger partial charge in [-0.2, -0.15) is 0 Å². The van der Waals surface area contributed by atoms with E-state index in [1.54, 1.807) is 43.3 Å². The summed E-state index contributed by atoms with van der Waals surface area (Å²) in [7, 11) is 3.34. The van der Waals surface area contributed by atoms with Crippen molar-refractivity contribution >= 4 is 23.4 Å². The number of fused-ring (bicyclic) bond motifs is 1. The largest absolute Gasteiger partial charge is 0.483 e. The Morgan fingerprint density at radius 1 is 1.18 bits per heavy atom. The number of hydrogen-bond acceptors (Lipinski definition) is 6.